The number of carboxylic acids is 1. The Kier molecular flexibility index (Phi) is 10.4. The van der Waals surface area contributed by atoms with Gasteiger partial charge in [-0.1, -0.05) is 32.1 Å². The van der Waals surface area contributed by atoms with Crippen LogP contribution in [0, 0.1) is 5.92 Å². The SMILES string of the molecule is CCOC(=O)[C@H](CCC1CCCCC1)N[C@@H](C)C(=O)O.Cl. The average Bonchev–Trinajstić information content (AvgIpc) is 2.44. The van der Waals surface area contributed by atoms with E-state index in [0.717, 1.165) is 6.42 Å². The minimum absolute atomic E-state index is 0. The largest absolute Gasteiger partial charge is 0.480 e. The lowest BCUT2D eigenvalue weighted by atomic mass is 9.85. The molecule has 0 aromatic carbocycles. The third kappa shape index (κ3) is 7.67. The molecule has 1 saturated carbocycles. The fraction of sp³-hybridized carbons (Fsp3) is 0.867. The zero-order chi connectivity index (χ0) is 15.0. The van der Waals surface area contributed by atoms with E-state index >= 15 is 0 Å². The maximum atomic E-state index is 11.9. The molecule has 0 heterocycles. The second-order valence-electron chi connectivity index (χ2n) is 5.61. The van der Waals surface area contributed by atoms with Gasteiger partial charge in [-0.25, -0.2) is 0 Å². The number of nitrogens with one attached hydrogen (secondary N) is 1. The molecule has 1 rings (SSSR count). The zero-order valence-corrected chi connectivity index (χ0v) is 13.8. The van der Waals surface area contributed by atoms with Crippen LogP contribution in [0.25, 0.3) is 0 Å². The summed E-state index contributed by atoms with van der Waals surface area (Å²) in [6.07, 6.45) is 7.92. The van der Waals surface area contributed by atoms with Crippen molar-refractivity contribution in [3.8, 4) is 0 Å². The summed E-state index contributed by atoms with van der Waals surface area (Å²) in [6.45, 7) is 3.63. The molecule has 21 heavy (non-hydrogen) atoms. The van der Waals surface area contributed by atoms with Gasteiger partial charge in [-0.3, -0.25) is 14.9 Å². The van der Waals surface area contributed by atoms with Crippen molar-refractivity contribution in [2.75, 3.05) is 6.61 Å². The number of rotatable bonds is 8. The molecular weight excluding hydrogens is 294 g/mol. The lowest BCUT2D eigenvalue weighted by Crippen LogP contribution is -2.46. The molecule has 0 saturated heterocycles. The number of carboxylic acid groups (broad SMARTS) is 1. The molecule has 6 heteroatoms. The van der Waals surface area contributed by atoms with E-state index in [1.165, 1.54) is 32.1 Å². The van der Waals surface area contributed by atoms with Gasteiger partial charge in [0.2, 0.25) is 0 Å². The molecular formula is C15H28ClNO4. The Hall–Kier alpha value is -0.810. The Morgan fingerprint density at radius 1 is 1.29 bits per heavy atom. The van der Waals surface area contributed by atoms with E-state index in [4.69, 9.17) is 9.84 Å². The summed E-state index contributed by atoms with van der Waals surface area (Å²) < 4.78 is 5.03. The third-order valence-corrected chi connectivity index (χ3v) is 3.98. The predicted octanol–water partition coefficient (Wildman–Crippen LogP) is 2.76. The summed E-state index contributed by atoms with van der Waals surface area (Å²) in [5.74, 6) is -0.615. The van der Waals surface area contributed by atoms with Crippen molar-refractivity contribution >= 4 is 24.3 Å². The van der Waals surface area contributed by atoms with Crippen molar-refractivity contribution in [2.24, 2.45) is 5.92 Å². The maximum Gasteiger partial charge on any atom is 0.323 e. The van der Waals surface area contributed by atoms with E-state index in [2.05, 4.69) is 5.32 Å². The van der Waals surface area contributed by atoms with Crippen LogP contribution >= 0.6 is 12.4 Å². The van der Waals surface area contributed by atoms with Gasteiger partial charge in [0.05, 0.1) is 6.61 Å². The highest BCUT2D eigenvalue weighted by Crippen LogP contribution is 2.27. The minimum Gasteiger partial charge on any atom is -0.480 e. The van der Waals surface area contributed by atoms with Gasteiger partial charge in [-0.05, 0) is 32.6 Å². The fourth-order valence-electron chi connectivity index (χ4n) is 2.76. The fourth-order valence-corrected chi connectivity index (χ4v) is 2.76. The van der Waals surface area contributed by atoms with Crippen LogP contribution in [0.5, 0.6) is 0 Å². The number of carbonyl (C=O) groups is 2. The second kappa shape index (κ2) is 10.9. The number of hydrogen-bond donors (Lipinski definition) is 2. The van der Waals surface area contributed by atoms with Crippen LogP contribution in [0.2, 0.25) is 0 Å². The number of halogens is 1. The van der Waals surface area contributed by atoms with E-state index in [1.807, 2.05) is 0 Å². The first-order valence-corrected chi connectivity index (χ1v) is 7.70. The number of ether oxygens (including phenoxy) is 1. The standard InChI is InChI=1S/C15H27NO4.ClH/c1-3-20-15(19)13(16-11(2)14(17)18)10-9-12-7-5-4-6-8-12;/h11-13,16H,3-10H2,1-2H3,(H,17,18);1H/t11-,13-;/m0./s1. The molecule has 0 aromatic heterocycles. The molecule has 0 aromatic rings. The van der Waals surface area contributed by atoms with Crippen LogP contribution in [0.1, 0.15) is 58.8 Å². The van der Waals surface area contributed by atoms with Crippen molar-refractivity contribution in [1.82, 2.24) is 5.32 Å². The van der Waals surface area contributed by atoms with E-state index < -0.39 is 18.1 Å². The quantitative estimate of drug-likeness (QED) is 0.672. The molecule has 0 unspecified atom stereocenters. The van der Waals surface area contributed by atoms with Crippen LogP contribution < -0.4 is 5.32 Å². The summed E-state index contributed by atoms with van der Waals surface area (Å²) in [5.41, 5.74) is 0. The second-order valence-corrected chi connectivity index (χ2v) is 5.61. The monoisotopic (exact) mass is 321 g/mol. The Bertz CT molecular complexity index is 319. The highest BCUT2D eigenvalue weighted by molar-refractivity contribution is 5.85. The maximum absolute atomic E-state index is 11.9. The van der Waals surface area contributed by atoms with Crippen LogP contribution in [-0.2, 0) is 14.3 Å². The highest BCUT2D eigenvalue weighted by Gasteiger charge is 2.25. The van der Waals surface area contributed by atoms with Gasteiger partial charge in [-0.15, -0.1) is 12.4 Å². The Morgan fingerprint density at radius 3 is 2.43 bits per heavy atom. The van der Waals surface area contributed by atoms with Gasteiger partial charge in [0.15, 0.2) is 0 Å². The van der Waals surface area contributed by atoms with E-state index in [-0.39, 0.29) is 18.4 Å². The number of aliphatic carboxylic acids is 1. The van der Waals surface area contributed by atoms with Gasteiger partial charge < -0.3 is 9.84 Å². The molecule has 2 N–H and O–H groups in total. The smallest absolute Gasteiger partial charge is 0.323 e. The molecule has 124 valence electrons. The van der Waals surface area contributed by atoms with Crippen LogP contribution in [0.15, 0.2) is 0 Å². The Labute approximate surface area is 133 Å². The zero-order valence-electron chi connectivity index (χ0n) is 13.0. The molecule has 1 fully saturated rings. The summed E-state index contributed by atoms with van der Waals surface area (Å²) >= 11 is 0. The van der Waals surface area contributed by atoms with Gasteiger partial charge in [0.1, 0.15) is 12.1 Å². The first kappa shape index (κ1) is 20.2. The number of carbonyl (C=O) groups excluding carboxylic acids is 1. The van der Waals surface area contributed by atoms with E-state index in [9.17, 15) is 9.59 Å². The topological polar surface area (TPSA) is 75.6 Å². The van der Waals surface area contributed by atoms with Crippen molar-refractivity contribution in [2.45, 2.75) is 70.9 Å². The normalized spacial score (nSPS) is 18.4. The van der Waals surface area contributed by atoms with Gasteiger partial charge in [0.25, 0.3) is 0 Å². The number of esters is 1. The van der Waals surface area contributed by atoms with Crippen molar-refractivity contribution in [3.05, 3.63) is 0 Å². The first-order chi connectivity index (χ1) is 9.54. The molecule has 2 atom stereocenters. The van der Waals surface area contributed by atoms with Crippen molar-refractivity contribution in [3.63, 3.8) is 0 Å². The molecule has 1 aliphatic rings. The summed E-state index contributed by atoms with van der Waals surface area (Å²) in [7, 11) is 0. The predicted molar refractivity (Wildman–Crippen MR) is 83.7 cm³/mol. The summed E-state index contributed by atoms with van der Waals surface area (Å²) in [4.78, 5) is 22.8. The van der Waals surface area contributed by atoms with Crippen molar-refractivity contribution < 1.29 is 19.4 Å². The van der Waals surface area contributed by atoms with Gasteiger partial charge in [0, 0.05) is 0 Å². The Morgan fingerprint density at radius 2 is 1.90 bits per heavy atom. The van der Waals surface area contributed by atoms with Gasteiger partial charge in [-0.2, -0.15) is 0 Å². The molecule has 0 aliphatic heterocycles. The first-order valence-electron chi connectivity index (χ1n) is 7.70. The number of hydrogen-bond acceptors (Lipinski definition) is 4. The van der Waals surface area contributed by atoms with E-state index in [0.29, 0.717) is 18.9 Å². The highest BCUT2D eigenvalue weighted by atomic mass is 35.5. The lowest BCUT2D eigenvalue weighted by molar-refractivity contribution is -0.147. The molecule has 0 amide bonds. The minimum atomic E-state index is -0.947. The molecule has 0 spiro atoms. The van der Waals surface area contributed by atoms with Crippen molar-refractivity contribution in [1.29, 1.82) is 0 Å². The van der Waals surface area contributed by atoms with Crippen LogP contribution in [-0.4, -0.2) is 35.7 Å². The van der Waals surface area contributed by atoms with Crippen LogP contribution in [0.3, 0.4) is 0 Å². The molecule has 5 nitrogen and oxygen atoms in total. The molecule has 0 radical (unpaired) electrons. The third-order valence-electron chi connectivity index (χ3n) is 3.98. The Balaban J connectivity index is 0.00000400. The molecule has 0 bridgehead atoms. The van der Waals surface area contributed by atoms with Crippen LogP contribution in [0.4, 0.5) is 0 Å². The summed E-state index contributed by atoms with van der Waals surface area (Å²) in [5, 5.41) is 11.8. The lowest BCUT2D eigenvalue weighted by Gasteiger charge is -2.25. The summed E-state index contributed by atoms with van der Waals surface area (Å²) in [6, 6.07) is -1.25. The average molecular weight is 322 g/mol. The van der Waals surface area contributed by atoms with E-state index in [1.54, 1.807) is 13.8 Å². The van der Waals surface area contributed by atoms with Gasteiger partial charge >= 0.3 is 11.9 Å². The molecule has 1 aliphatic carbocycles.